The average Bonchev–Trinajstić information content (AvgIpc) is 2.19. The van der Waals surface area contributed by atoms with Gasteiger partial charge in [-0.05, 0) is 12.1 Å². The first kappa shape index (κ1) is 11.4. The molecule has 0 aliphatic rings. The zero-order valence-corrected chi connectivity index (χ0v) is 9.21. The first-order chi connectivity index (χ1) is 6.60. The molecule has 14 heavy (non-hydrogen) atoms. The minimum Gasteiger partial charge on any atom is -0.494 e. The van der Waals surface area contributed by atoms with Crippen molar-refractivity contribution in [3.05, 3.63) is 28.0 Å². The van der Waals surface area contributed by atoms with E-state index >= 15 is 0 Å². The number of hydrogen-bond acceptors (Lipinski definition) is 3. The Morgan fingerprint density at radius 3 is 2.79 bits per heavy atom. The van der Waals surface area contributed by atoms with E-state index in [1.165, 1.54) is 19.2 Å². The number of hydrogen-bond donors (Lipinski definition) is 2. The van der Waals surface area contributed by atoms with Crippen LogP contribution < -0.4 is 10.5 Å². The van der Waals surface area contributed by atoms with Crippen LogP contribution in [-0.4, -0.2) is 18.8 Å². The topological polar surface area (TPSA) is 55.5 Å². The quantitative estimate of drug-likeness (QED) is 0.871. The van der Waals surface area contributed by atoms with Crippen molar-refractivity contribution in [1.29, 1.82) is 0 Å². The molecule has 0 heterocycles. The molecule has 0 aliphatic carbocycles. The van der Waals surface area contributed by atoms with Crippen molar-refractivity contribution < 1.29 is 14.2 Å². The summed E-state index contributed by atoms with van der Waals surface area (Å²) in [6.07, 6.45) is 0. The number of nitrogens with two attached hydrogens (primary N) is 1. The van der Waals surface area contributed by atoms with Crippen molar-refractivity contribution in [2.45, 2.75) is 6.04 Å². The zero-order chi connectivity index (χ0) is 10.7. The number of halogens is 2. The van der Waals surface area contributed by atoms with Crippen molar-refractivity contribution in [3.8, 4) is 5.75 Å². The van der Waals surface area contributed by atoms with E-state index in [1.54, 1.807) is 0 Å². The van der Waals surface area contributed by atoms with Crippen LogP contribution in [0.2, 0.25) is 0 Å². The monoisotopic (exact) mass is 263 g/mol. The molecule has 0 amide bonds. The Morgan fingerprint density at radius 2 is 2.29 bits per heavy atom. The Hall–Kier alpha value is -0.650. The summed E-state index contributed by atoms with van der Waals surface area (Å²) in [5.74, 6) is -0.421. The lowest BCUT2D eigenvalue weighted by Gasteiger charge is -2.12. The molecule has 3 N–H and O–H groups in total. The highest BCUT2D eigenvalue weighted by molar-refractivity contribution is 9.10. The Kier molecular flexibility index (Phi) is 3.86. The first-order valence-electron chi connectivity index (χ1n) is 3.99. The fraction of sp³-hybridized carbons (Fsp3) is 0.333. The number of benzene rings is 1. The van der Waals surface area contributed by atoms with Crippen LogP contribution in [0.5, 0.6) is 5.75 Å². The summed E-state index contributed by atoms with van der Waals surface area (Å²) >= 11 is 3.20. The highest BCUT2D eigenvalue weighted by Gasteiger charge is 2.15. The van der Waals surface area contributed by atoms with Gasteiger partial charge in [0.15, 0.2) is 11.6 Å². The minimum absolute atomic E-state index is 0.110. The molecule has 0 saturated carbocycles. The van der Waals surface area contributed by atoms with Gasteiger partial charge in [0.25, 0.3) is 0 Å². The lowest BCUT2D eigenvalue weighted by atomic mass is 10.1. The van der Waals surface area contributed by atoms with Crippen LogP contribution in [0.25, 0.3) is 0 Å². The summed E-state index contributed by atoms with van der Waals surface area (Å²) < 4.78 is 19.0. The van der Waals surface area contributed by atoms with Gasteiger partial charge in [-0.3, -0.25) is 0 Å². The lowest BCUT2D eigenvalue weighted by molar-refractivity contribution is 0.264. The molecule has 1 aromatic carbocycles. The Morgan fingerprint density at radius 1 is 1.64 bits per heavy atom. The van der Waals surface area contributed by atoms with Crippen LogP contribution in [0.1, 0.15) is 11.6 Å². The average molecular weight is 264 g/mol. The van der Waals surface area contributed by atoms with Crippen LogP contribution in [0, 0.1) is 5.82 Å². The molecule has 0 saturated heterocycles. The standard InChI is InChI=1S/C9H11BrFNO2/c1-14-8-3-5(10)2-6(9(8)11)7(12)4-13/h2-3,7,13H,4,12H2,1H3. The van der Waals surface area contributed by atoms with Gasteiger partial charge >= 0.3 is 0 Å². The molecule has 3 nitrogen and oxygen atoms in total. The first-order valence-corrected chi connectivity index (χ1v) is 4.78. The number of aliphatic hydroxyl groups excluding tert-OH is 1. The second-order valence-electron chi connectivity index (χ2n) is 2.80. The van der Waals surface area contributed by atoms with Gasteiger partial charge in [-0.1, -0.05) is 15.9 Å². The zero-order valence-electron chi connectivity index (χ0n) is 7.63. The van der Waals surface area contributed by atoms with E-state index in [1.807, 2.05) is 0 Å². The Labute approximate surface area is 89.8 Å². The maximum atomic E-state index is 13.6. The molecule has 1 atom stereocenters. The number of methoxy groups -OCH3 is 1. The van der Waals surface area contributed by atoms with E-state index in [9.17, 15) is 4.39 Å². The molecular weight excluding hydrogens is 253 g/mol. The molecule has 1 aromatic rings. The van der Waals surface area contributed by atoms with Crippen LogP contribution in [-0.2, 0) is 0 Å². The van der Waals surface area contributed by atoms with Crippen LogP contribution in [0.3, 0.4) is 0 Å². The molecule has 1 rings (SSSR count). The highest BCUT2D eigenvalue weighted by Crippen LogP contribution is 2.28. The van der Waals surface area contributed by atoms with Crippen LogP contribution in [0.15, 0.2) is 16.6 Å². The maximum absolute atomic E-state index is 13.6. The van der Waals surface area contributed by atoms with Gasteiger partial charge in [0.1, 0.15) is 0 Å². The SMILES string of the molecule is COc1cc(Br)cc(C(N)CO)c1F. The van der Waals surface area contributed by atoms with E-state index in [-0.39, 0.29) is 17.9 Å². The fourth-order valence-corrected chi connectivity index (χ4v) is 1.56. The third-order valence-electron chi connectivity index (χ3n) is 1.85. The van der Waals surface area contributed by atoms with Gasteiger partial charge in [-0.2, -0.15) is 0 Å². The molecule has 0 radical (unpaired) electrons. The third-order valence-corrected chi connectivity index (χ3v) is 2.31. The largest absolute Gasteiger partial charge is 0.494 e. The minimum atomic E-state index is -0.735. The molecular formula is C9H11BrFNO2. The number of rotatable bonds is 3. The molecule has 0 aromatic heterocycles. The van der Waals surface area contributed by atoms with Gasteiger partial charge in [0, 0.05) is 10.0 Å². The van der Waals surface area contributed by atoms with Crippen molar-refractivity contribution in [2.75, 3.05) is 13.7 Å². The summed E-state index contributed by atoms with van der Waals surface area (Å²) in [5.41, 5.74) is 5.76. The van der Waals surface area contributed by atoms with Crippen LogP contribution in [0.4, 0.5) is 4.39 Å². The van der Waals surface area contributed by atoms with Crippen molar-refractivity contribution in [2.24, 2.45) is 5.73 Å². The highest BCUT2D eigenvalue weighted by atomic mass is 79.9. The summed E-state index contributed by atoms with van der Waals surface area (Å²) in [6.45, 7) is -0.309. The molecule has 0 spiro atoms. The predicted octanol–water partition coefficient (Wildman–Crippen LogP) is 1.59. The Bertz CT molecular complexity index is 333. The fourth-order valence-electron chi connectivity index (χ4n) is 1.10. The van der Waals surface area contributed by atoms with E-state index in [0.29, 0.717) is 4.47 Å². The van der Waals surface area contributed by atoms with Gasteiger partial charge in [-0.15, -0.1) is 0 Å². The molecule has 0 aliphatic heterocycles. The van der Waals surface area contributed by atoms with Crippen molar-refractivity contribution in [3.63, 3.8) is 0 Å². The summed E-state index contributed by atoms with van der Waals surface area (Å²) in [5, 5.41) is 8.82. The normalized spacial score (nSPS) is 12.6. The maximum Gasteiger partial charge on any atom is 0.169 e. The number of aliphatic hydroxyl groups is 1. The van der Waals surface area contributed by atoms with Gasteiger partial charge in [0.2, 0.25) is 0 Å². The van der Waals surface area contributed by atoms with E-state index in [0.717, 1.165) is 0 Å². The van der Waals surface area contributed by atoms with E-state index in [4.69, 9.17) is 15.6 Å². The van der Waals surface area contributed by atoms with Crippen molar-refractivity contribution >= 4 is 15.9 Å². The smallest absolute Gasteiger partial charge is 0.169 e. The summed E-state index contributed by atoms with van der Waals surface area (Å²) in [4.78, 5) is 0. The second kappa shape index (κ2) is 4.72. The van der Waals surface area contributed by atoms with Gasteiger partial charge in [-0.25, -0.2) is 4.39 Å². The summed E-state index contributed by atoms with van der Waals surface area (Å²) in [6, 6.07) is 2.29. The van der Waals surface area contributed by atoms with E-state index < -0.39 is 11.9 Å². The molecule has 0 bridgehead atoms. The molecule has 1 unspecified atom stereocenters. The molecule has 5 heteroatoms. The summed E-state index contributed by atoms with van der Waals surface area (Å²) in [7, 11) is 1.37. The van der Waals surface area contributed by atoms with Crippen molar-refractivity contribution in [1.82, 2.24) is 0 Å². The van der Waals surface area contributed by atoms with Gasteiger partial charge in [0.05, 0.1) is 19.8 Å². The predicted molar refractivity (Wildman–Crippen MR) is 54.7 cm³/mol. The molecule has 78 valence electrons. The lowest BCUT2D eigenvalue weighted by Crippen LogP contribution is -2.16. The van der Waals surface area contributed by atoms with E-state index in [2.05, 4.69) is 15.9 Å². The Balaban J connectivity index is 3.21. The van der Waals surface area contributed by atoms with Gasteiger partial charge < -0.3 is 15.6 Å². The third kappa shape index (κ3) is 2.23. The van der Waals surface area contributed by atoms with Crippen LogP contribution >= 0.6 is 15.9 Å². The molecule has 0 fully saturated rings. The number of ether oxygens (including phenoxy) is 1. The second-order valence-corrected chi connectivity index (χ2v) is 3.72.